The number of carbonyl (C=O) groups is 1. The van der Waals surface area contributed by atoms with E-state index in [0.717, 1.165) is 6.42 Å². The third kappa shape index (κ3) is 8.92. The molecule has 0 atom stereocenters. The first kappa shape index (κ1) is 28.2. The average molecular weight is 515 g/mol. The number of carbonyl (C=O) groups excluding carboxylic acids is 1. The maximum Gasteiger partial charge on any atom is 0.344 e. The molecule has 0 N–H and O–H groups in total. The van der Waals surface area contributed by atoms with Crippen LogP contribution in [-0.4, -0.2) is 68.8 Å². The van der Waals surface area contributed by atoms with Gasteiger partial charge in [-0.1, -0.05) is 13.0 Å². The summed E-state index contributed by atoms with van der Waals surface area (Å²) < 4.78 is 32.6. The highest BCUT2D eigenvalue weighted by Gasteiger charge is 2.26. The Bertz CT molecular complexity index is 1180. The van der Waals surface area contributed by atoms with Gasteiger partial charge in [-0.05, 0) is 32.4 Å². The van der Waals surface area contributed by atoms with E-state index < -0.39 is 11.0 Å². The Hall–Kier alpha value is -3.34. The monoisotopic (exact) mass is 514 g/mol. The number of fused-ring (bicyclic) bond motifs is 1. The lowest BCUT2D eigenvalue weighted by atomic mass is 9.91. The van der Waals surface area contributed by atoms with Gasteiger partial charge in [0.15, 0.2) is 0 Å². The van der Waals surface area contributed by atoms with E-state index >= 15 is 0 Å². The van der Waals surface area contributed by atoms with Gasteiger partial charge in [0.1, 0.15) is 18.8 Å². The van der Waals surface area contributed by atoms with E-state index in [1.165, 1.54) is 0 Å². The summed E-state index contributed by atoms with van der Waals surface area (Å²) in [5.41, 5.74) is 0.577. The molecule has 3 rings (SSSR count). The topological polar surface area (TPSA) is 119 Å². The van der Waals surface area contributed by atoms with Crippen LogP contribution in [0.4, 0.5) is 0 Å². The van der Waals surface area contributed by atoms with Crippen LogP contribution in [0.1, 0.15) is 27.2 Å². The Labute approximate surface area is 215 Å². The summed E-state index contributed by atoms with van der Waals surface area (Å²) in [5.74, 6) is 0.125. The lowest BCUT2D eigenvalue weighted by Crippen LogP contribution is -2.27. The number of pyridine rings is 2. The number of ether oxygens (including phenoxy) is 5. The van der Waals surface area contributed by atoms with Crippen molar-refractivity contribution < 1.29 is 32.9 Å². The van der Waals surface area contributed by atoms with E-state index in [-0.39, 0.29) is 19.2 Å². The van der Waals surface area contributed by atoms with Gasteiger partial charge in [0.25, 0.3) is 0 Å². The maximum absolute atomic E-state index is 12.4. The van der Waals surface area contributed by atoms with E-state index in [4.69, 9.17) is 28.1 Å². The first-order valence-electron chi connectivity index (χ1n) is 12.3. The van der Waals surface area contributed by atoms with Crippen LogP contribution in [0.25, 0.3) is 22.1 Å². The molecule has 0 aliphatic rings. The molecule has 10 heteroatoms. The minimum absolute atomic E-state index is 0.214. The summed E-state index contributed by atoms with van der Waals surface area (Å²) in [7, 11) is 0. The zero-order valence-electron chi connectivity index (χ0n) is 21.6. The minimum atomic E-state index is -0.469. The molecule has 0 fully saturated rings. The second-order valence-electron chi connectivity index (χ2n) is 8.81. The second kappa shape index (κ2) is 14.4. The van der Waals surface area contributed by atoms with Crippen molar-refractivity contribution >= 4 is 16.9 Å². The highest BCUT2D eigenvalue weighted by molar-refractivity contribution is 5.81. The van der Waals surface area contributed by atoms with Crippen molar-refractivity contribution in [1.82, 2.24) is 9.97 Å². The predicted molar refractivity (Wildman–Crippen MR) is 136 cm³/mol. The number of hydrogen-bond acceptors (Lipinski definition) is 10. The average Bonchev–Trinajstić information content (AvgIpc) is 2.91. The number of rotatable bonds is 16. The van der Waals surface area contributed by atoms with Crippen molar-refractivity contribution in [3.8, 4) is 17.0 Å². The molecule has 200 valence electrons. The summed E-state index contributed by atoms with van der Waals surface area (Å²) in [6.07, 6.45) is 5.57. The van der Waals surface area contributed by atoms with E-state index in [1.54, 1.807) is 42.9 Å². The summed E-state index contributed by atoms with van der Waals surface area (Å²) in [6.45, 7) is 8.53. The van der Waals surface area contributed by atoms with Gasteiger partial charge in [0, 0.05) is 35.6 Å². The van der Waals surface area contributed by atoms with Crippen LogP contribution in [0.15, 0.2) is 52.1 Å². The van der Waals surface area contributed by atoms with Crippen LogP contribution in [0.2, 0.25) is 0 Å². The van der Waals surface area contributed by atoms with Gasteiger partial charge in [-0.2, -0.15) is 0 Å². The lowest BCUT2D eigenvalue weighted by molar-refractivity contribution is -0.155. The summed E-state index contributed by atoms with van der Waals surface area (Å²) in [5, 5.41) is 0.685. The normalized spacial score (nSPS) is 11.5. The number of aromatic nitrogens is 2. The molecule has 0 saturated heterocycles. The molecule has 0 amide bonds. The zero-order valence-corrected chi connectivity index (χ0v) is 21.6. The number of hydrogen-bond donors (Lipinski definition) is 0. The Kier molecular flexibility index (Phi) is 11.0. The fourth-order valence-electron chi connectivity index (χ4n) is 3.08. The standard InChI is InChI=1S/C27H34N2O8/c1-4-27(2,3)26(31)36-15-13-34-11-9-32-8-10-33-12-14-35-24-17-23-21(19-29-24)16-22(25(30)37-23)20-6-5-7-28-18-20/h5-7,16-19H,4,8-15H2,1-3H3. The van der Waals surface area contributed by atoms with Crippen LogP contribution >= 0.6 is 0 Å². The minimum Gasteiger partial charge on any atom is -0.475 e. The SMILES string of the molecule is CCC(C)(C)C(=O)OCCOCCOCCOCCOc1cc2oc(=O)c(-c3cccnc3)cc2cn1. The third-order valence-corrected chi connectivity index (χ3v) is 5.68. The van der Waals surface area contributed by atoms with Gasteiger partial charge in [-0.15, -0.1) is 0 Å². The number of esters is 1. The predicted octanol–water partition coefficient (Wildman–Crippen LogP) is 3.66. The van der Waals surface area contributed by atoms with Crippen LogP contribution in [0.3, 0.4) is 0 Å². The van der Waals surface area contributed by atoms with Crippen LogP contribution in [-0.2, 0) is 23.7 Å². The van der Waals surface area contributed by atoms with Gasteiger partial charge in [-0.25, -0.2) is 9.78 Å². The molecule has 3 aromatic heterocycles. The molecule has 0 spiro atoms. The first-order valence-corrected chi connectivity index (χ1v) is 12.3. The third-order valence-electron chi connectivity index (χ3n) is 5.68. The van der Waals surface area contributed by atoms with Crippen molar-refractivity contribution in [2.45, 2.75) is 27.2 Å². The van der Waals surface area contributed by atoms with Crippen LogP contribution < -0.4 is 10.4 Å². The van der Waals surface area contributed by atoms with Crippen molar-refractivity contribution in [2.24, 2.45) is 5.41 Å². The Morgan fingerprint density at radius 3 is 2.27 bits per heavy atom. The Morgan fingerprint density at radius 1 is 0.946 bits per heavy atom. The van der Waals surface area contributed by atoms with Crippen molar-refractivity contribution in [2.75, 3.05) is 52.9 Å². The molecule has 10 nitrogen and oxygen atoms in total. The fourth-order valence-corrected chi connectivity index (χ4v) is 3.08. The van der Waals surface area contributed by atoms with Gasteiger partial charge in [-0.3, -0.25) is 9.78 Å². The van der Waals surface area contributed by atoms with Crippen molar-refractivity contribution in [3.63, 3.8) is 0 Å². The van der Waals surface area contributed by atoms with Gasteiger partial charge in [0.2, 0.25) is 5.88 Å². The fraction of sp³-hybridized carbons (Fsp3) is 0.481. The summed E-state index contributed by atoms with van der Waals surface area (Å²) in [6, 6.07) is 6.87. The van der Waals surface area contributed by atoms with E-state index in [2.05, 4.69) is 9.97 Å². The first-order chi connectivity index (χ1) is 17.9. The smallest absolute Gasteiger partial charge is 0.344 e. The van der Waals surface area contributed by atoms with Gasteiger partial charge in [0.05, 0.1) is 50.6 Å². The molecule has 0 unspecified atom stereocenters. The molecular formula is C27H34N2O8. The largest absolute Gasteiger partial charge is 0.475 e. The summed E-state index contributed by atoms with van der Waals surface area (Å²) >= 11 is 0. The molecule has 3 aromatic rings. The lowest BCUT2D eigenvalue weighted by Gasteiger charge is -2.20. The van der Waals surface area contributed by atoms with Crippen molar-refractivity contribution in [3.05, 3.63) is 53.3 Å². The molecule has 0 saturated carbocycles. The van der Waals surface area contributed by atoms with Crippen LogP contribution in [0.5, 0.6) is 5.88 Å². The molecule has 0 aliphatic heterocycles. The molecule has 0 aromatic carbocycles. The van der Waals surface area contributed by atoms with E-state index in [9.17, 15) is 9.59 Å². The van der Waals surface area contributed by atoms with Gasteiger partial charge < -0.3 is 28.1 Å². The van der Waals surface area contributed by atoms with Crippen molar-refractivity contribution in [1.29, 1.82) is 0 Å². The molecule has 0 bridgehead atoms. The van der Waals surface area contributed by atoms with E-state index in [0.29, 0.717) is 67.6 Å². The Balaban J connectivity index is 1.25. The molecular weight excluding hydrogens is 480 g/mol. The Morgan fingerprint density at radius 2 is 1.62 bits per heavy atom. The number of nitrogens with zero attached hydrogens (tertiary/aromatic N) is 2. The second-order valence-corrected chi connectivity index (χ2v) is 8.81. The highest BCUT2D eigenvalue weighted by Crippen LogP contribution is 2.22. The highest BCUT2D eigenvalue weighted by atomic mass is 16.6. The zero-order chi connectivity index (χ0) is 26.5. The molecule has 0 radical (unpaired) electrons. The molecule has 0 aliphatic carbocycles. The maximum atomic E-state index is 12.4. The van der Waals surface area contributed by atoms with Crippen LogP contribution in [0, 0.1) is 5.41 Å². The van der Waals surface area contributed by atoms with E-state index in [1.807, 2.05) is 20.8 Å². The molecule has 3 heterocycles. The van der Waals surface area contributed by atoms with Gasteiger partial charge >= 0.3 is 11.6 Å². The summed E-state index contributed by atoms with van der Waals surface area (Å²) in [4.78, 5) is 32.5. The molecule has 37 heavy (non-hydrogen) atoms. The quantitative estimate of drug-likeness (QED) is 0.207.